The third-order valence-corrected chi connectivity index (χ3v) is 3.51. The second kappa shape index (κ2) is 7.14. The first-order valence-corrected chi connectivity index (χ1v) is 7.70. The monoisotopic (exact) mass is 376 g/mol. The maximum atomic E-state index is 12.5. The van der Waals surface area contributed by atoms with E-state index < -0.39 is 0 Å². The van der Waals surface area contributed by atoms with Crippen molar-refractivity contribution >= 4 is 40.2 Å². The molecule has 0 saturated heterocycles. The number of Topliss-reactive ketones (excluding diaryl/α,β-unsaturated/α-hetero) is 2. The van der Waals surface area contributed by atoms with Crippen LogP contribution in [0.2, 0.25) is 0 Å². The number of hydrogen-bond donors (Lipinski definition) is 0. The van der Waals surface area contributed by atoms with Gasteiger partial charge in [0.2, 0.25) is 0 Å². The highest BCUT2D eigenvalue weighted by molar-refractivity contribution is 14.1. The lowest BCUT2D eigenvalue weighted by molar-refractivity contribution is -0.112. The fraction of sp³-hybridized carbons (Fsp3) is 0.0588. The van der Waals surface area contributed by atoms with Crippen LogP contribution in [0.25, 0.3) is 6.08 Å². The van der Waals surface area contributed by atoms with Crippen molar-refractivity contribution in [1.82, 2.24) is 0 Å². The van der Waals surface area contributed by atoms with Crippen molar-refractivity contribution in [2.75, 3.05) is 4.43 Å². The molecular weight excluding hydrogens is 363 g/mol. The summed E-state index contributed by atoms with van der Waals surface area (Å²) in [5.74, 6) is -0.376. The van der Waals surface area contributed by atoms with Gasteiger partial charge in [0.25, 0.3) is 0 Å². The van der Waals surface area contributed by atoms with Crippen LogP contribution in [0.5, 0.6) is 0 Å². The van der Waals surface area contributed by atoms with Gasteiger partial charge in [-0.05, 0) is 11.6 Å². The van der Waals surface area contributed by atoms with Crippen LogP contribution >= 0.6 is 22.6 Å². The van der Waals surface area contributed by atoms with E-state index in [1.165, 1.54) is 0 Å². The van der Waals surface area contributed by atoms with Crippen molar-refractivity contribution in [2.24, 2.45) is 0 Å². The topological polar surface area (TPSA) is 34.1 Å². The molecule has 0 heterocycles. The zero-order valence-electron chi connectivity index (χ0n) is 10.8. The Balaban J connectivity index is 2.41. The first kappa shape index (κ1) is 14.7. The summed E-state index contributed by atoms with van der Waals surface area (Å²) >= 11 is 1.98. The van der Waals surface area contributed by atoms with E-state index in [-0.39, 0.29) is 21.6 Å². The third-order valence-electron chi connectivity index (χ3n) is 2.81. The van der Waals surface area contributed by atoms with Crippen molar-refractivity contribution in [3.63, 3.8) is 0 Å². The van der Waals surface area contributed by atoms with E-state index in [1.807, 2.05) is 59.0 Å². The molecule has 0 fully saturated rings. The summed E-state index contributed by atoms with van der Waals surface area (Å²) in [6.07, 6.45) is 1.66. The Bertz CT molecular complexity index is 631. The molecule has 0 atom stereocenters. The molecule has 0 radical (unpaired) electrons. The Labute approximate surface area is 131 Å². The van der Waals surface area contributed by atoms with E-state index in [4.69, 9.17) is 0 Å². The minimum absolute atomic E-state index is 0.150. The summed E-state index contributed by atoms with van der Waals surface area (Å²) in [7, 11) is 0. The Kier molecular flexibility index (Phi) is 5.24. The molecule has 2 nitrogen and oxygen atoms in total. The summed E-state index contributed by atoms with van der Waals surface area (Å²) in [5.41, 5.74) is 1.62. The lowest BCUT2D eigenvalue weighted by atomic mass is 9.98. The van der Waals surface area contributed by atoms with Crippen LogP contribution in [0.3, 0.4) is 0 Å². The Morgan fingerprint density at radius 3 is 2.00 bits per heavy atom. The van der Waals surface area contributed by atoms with E-state index in [2.05, 4.69) is 0 Å². The molecule has 2 rings (SSSR count). The SMILES string of the molecule is O=C(CI)/C(=C\c1ccccc1)C(=O)c1ccccc1. The molecule has 0 N–H and O–H groups in total. The van der Waals surface area contributed by atoms with Gasteiger partial charge in [-0.3, -0.25) is 9.59 Å². The van der Waals surface area contributed by atoms with Gasteiger partial charge in [0.15, 0.2) is 11.6 Å². The number of carbonyl (C=O) groups excluding carboxylic acids is 2. The molecule has 0 spiro atoms. The quantitative estimate of drug-likeness (QED) is 0.198. The zero-order valence-corrected chi connectivity index (χ0v) is 12.9. The van der Waals surface area contributed by atoms with E-state index in [1.54, 1.807) is 30.3 Å². The van der Waals surface area contributed by atoms with Gasteiger partial charge in [-0.25, -0.2) is 0 Å². The number of benzene rings is 2. The smallest absolute Gasteiger partial charge is 0.196 e. The van der Waals surface area contributed by atoms with E-state index in [0.717, 1.165) is 5.56 Å². The summed E-state index contributed by atoms with van der Waals surface area (Å²) in [6, 6.07) is 18.3. The first-order valence-electron chi connectivity index (χ1n) is 6.18. The lowest BCUT2D eigenvalue weighted by Crippen LogP contribution is -2.14. The summed E-state index contributed by atoms with van der Waals surface area (Å²) in [6.45, 7) is 0. The maximum absolute atomic E-state index is 12.5. The predicted octanol–water partition coefficient (Wildman–Crippen LogP) is 3.96. The fourth-order valence-corrected chi connectivity index (χ4v) is 2.22. The molecule has 0 aliphatic heterocycles. The van der Waals surface area contributed by atoms with Crippen LogP contribution in [0, 0.1) is 0 Å². The van der Waals surface area contributed by atoms with Crippen molar-refractivity contribution in [3.05, 3.63) is 77.4 Å². The minimum Gasteiger partial charge on any atom is -0.293 e. The predicted molar refractivity (Wildman–Crippen MR) is 89.1 cm³/mol. The number of carbonyl (C=O) groups is 2. The van der Waals surface area contributed by atoms with Crippen LogP contribution in [0.4, 0.5) is 0 Å². The standard InChI is InChI=1S/C17H13IO2/c18-12-16(19)15(11-13-7-3-1-4-8-13)17(20)14-9-5-2-6-10-14/h1-11H,12H2/b15-11+. The van der Waals surface area contributed by atoms with Gasteiger partial charge >= 0.3 is 0 Å². The molecule has 0 bridgehead atoms. The molecule has 3 heteroatoms. The van der Waals surface area contributed by atoms with Gasteiger partial charge in [0.1, 0.15) is 0 Å². The van der Waals surface area contributed by atoms with E-state index in [0.29, 0.717) is 5.56 Å². The highest BCUT2D eigenvalue weighted by Crippen LogP contribution is 2.15. The Hall–Kier alpha value is -1.75. The van der Waals surface area contributed by atoms with Gasteiger partial charge in [0, 0.05) is 5.56 Å². The maximum Gasteiger partial charge on any atom is 0.196 e. The molecule has 0 saturated carbocycles. The molecule has 2 aromatic rings. The Morgan fingerprint density at radius 1 is 0.900 bits per heavy atom. The molecule has 0 unspecified atom stereocenters. The normalized spacial score (nSPS) is 11.2. The molecule has 0 aromatic heterocycles. The fourth-order valence-electron chi connectivity index (χ4n) is 1.81. The van der Waals surface area contributed by atoms with Crippen LogP contribution in [0.1, 0.15) is 15.9 Å². The number of alkyl halides is 1. The van der Waals surface area contributed by atoms with Gasteiger partial charge in [-0.1, -0.05) is 83.3 Å². The van der Waals surface area contributed by atoms with Crippen molar-refractivity contribution in [2.45, 2.75) is 0 Å². The third kappa shape index (κ3) is 3.63. The number of halogens is 1. The average molecular weight is 376 g/mol. The van der Waals surface area contributed by atoms with Crippen molar-refractivity contribution in [1.29, 1.82) is 0 Å². The molecule has 2 aromatic carbocycles. The van der Waals surface area contributed by atoms with E-state index >= 15 is 0 Å². The summed E-state index contributed by atoms with van der Waals surface area (Å²) in [5, 5.41) is 0. The number of hydrogen-bond acceptors (Lipinski definition) is 2. The molecular formula is C17H13IO2. The number of allylic oxidation sites excluding steroid dienone is 1. The van der Waals surface area contributed by atoms with Crippen LogP contribution in [-0.2, 0) is 4.79 Å². The largest absolute Gasteiger partial charge is 0.293 e. The van der Waals surface area contributed by atoms with Crippen LogP contribution in [0.15, 0.2) is 66.2 Å². The van der Waals surface area contributed by atoms with Crippen LogP contribution in [-0.4, -0.2) is 16.0 Å². The van der Waals surface area contributed by atoms with Gasteiger partial charge in [-0.15, -0.1) is 0 Å². The average Bonchev–Trinajstić information content (AvgIpc) is 2.53. The minimum atomic E-state index is -0.226. The number of rotatable bonds is 5. The second-order valence-corrected chi connectivity index (χ2v) is 4.98. The molecule has 0 aliphatic rings. The summed E-state index contributed by atoms with van der Waals surface area (Å²) < 4.78 is 0.287. The van der Waals surface area contributed by atoms with Crippen molar-refractivity contribution in [3.8, 4) is 0 Å². The van der Waals surface area contributed by atoms with Gasteiger partial charge in [0.05, 0.1) is 10.0 Å². The molecule has 100 valence electrons. The van der Waals surface area contributed by atoms with Gasteiger partial charge in [-0.2, -0.15) is 0 Å². The zero-order chi connectivity index (χ0) is 14.4. The van der Waals surface area contributed by atoms with E-state index in [9.17, 15) is 9.59 Å². The summed E-state index contributed by atoms with van der Waals surface area (Å²) in [4.78, 5) is 24.5. The second-order valence-electron chi connectivity index (χ2n) is 4.22. The van der Waals surface area contributed by atoms with Crippen LogP contribution < -0.4 is 0 Å². The molecule has 0 amide bonds. The molecule has 0 aliphatic carbocycles. The highest BCUT2D eigenvalue weighted by atomic mass is 127. The highest BCUT2D eigenvalue weighted by Gasteiger charge is 2.18. The van der Waals surface area contributed by atoms with Crippen molar-refractivity contribution < 1.29 is 9.59 Å². The Morgan fingerprint density at radius 2 is 1.45 bits per heavy atom. The molecule has 20 heavy (non-hydrogen) atoms. The number of ketones is 2. The first-order chi connectivity index (χ1) is 9.72. The van der Waals surface area contributed by atoms with Gasteiger partial charge < -0.3 is 0 Å². The lowest BCUT2D eigenvalue weighted by Gasteiger charge is -2.05.